The average molecular weight is 253 g/mol. The Labute approximate surface area is 106 Å². The third-order valence-corrected chi connectivity index (χ3v) is 3.82. The van der Waals surface area contributed by atoms with Gasteiger partial charge in [-0.2, -0.15) is 0 Å². The van der Waals surface area contributed by atoms with Gasteiger partial charge in [0.2, 0.25) is 11.8 Å². The number of rotatable bonds is 2. The lowest BCUT2D eigenvalue weighted by molar-refractivity contribution is -0.157. The summed E-state index contributed by atoms with van der Waals surface area (Å²) < 4.78 is 0. The van der Waals surface area contributed by atoms with Gasteiger partial charge in [0.15, 0.2) is 0 Å². The summed E-state index contributed by atoms with van der Waals surface area (Å²) in [6.07, 6.45) is 2.48. The molecule has 18 heavy (non-hydrogen) atoms. The molecule has 3 amide bonds. The summed E-state index contributed by atoms with van der Waals surface area (Å²) in [5, 5.41) is 2.97. The maximum absolute atomic E-state index is 12.2. The Morgan fingerprint density at radius 2 is 1.89 bits per heavy atom. The normalized spacial score (nSPS) is 30.0. The van der Waals surface area contributed by atoms with Gasteiger partial charge in [-0.1, -0.05) is 0 Å². The Kier molecular flexibility index (Phi) is 3.65. The van der Waals surface area contributed by atoms with E-state index in [1.807, 2.05) is 0 Å². The topological polar surface area (TPSA) is 69.7 Å². The number of likely N-dealkylation sites (tertiary alicyclic amines) is 2. The second-order valence-electron chi connectivity index (χ2n) is 4.86. The molecule has 0 aromatic heterocycles. The van der Waals surface area contributed by atoms with Crippen LogP contribution in [0.25, 0.3) is 0 Å². The number of carbonyl (C=O) groups is 3. The van der Waals surface area contributed by atoms with Crippen molar-refractivity contribution < 1.29 is 14.4 Å². The van der Waals surface area contributed by atoms with Gasteiger partial charge in [-0.25, -0.2) is 0 Å². The maximum atomic E-state index is 12.2. The fraction of sp³-hybridized carbons (Fsp3) is 0.750. The Bertz CT molecular complexity index is 383. The molecular weight excluding hydrogens is 234 g/mol. The lowest BCUT2D eigenvalue weighted by Crippen LogP contribution is -2.60. The SMILES string of the molecule is CNC1CCCN(C2CCC(=O)N(C)C2=O)C1=O. The first-order valence-corrected chi connectivity index (χ1v) is 6.34. The van der Waals surface area contributed by atoms with Gasteiger partial charge in [-0.15, -0.1) is 0 Å². The molecule has 0 aromatic rings. The minimum atomic E-state index is -0.462. The largest absolute Gasteiger partial charge is 0.329 e. The smallest absolute Gasteiger partial charge is 0.251 e. The Morgan fingerprint density at radius 3 is 2.56 bits per heavy atom. The van der Waals surface area contributed by atoms with Crippen molar-refractivity contribution in [1.82, 2.24) is 15.1 Å². The summed E-state index contributed by atoms with van der Waals surface area (Å²) >= 11 is 0. The minimum absolute atomic E-state index is 0.0233. The quantitative estimate of drug-likeness (QED) is 0.664. The molecule has 6 heteroatoms. The summed E-state index contributed by atoms with van der Waals surface area (Å²) in [5.74, 6) is -0.438. The number of hydrogen-bond donors (Lipinski definition) is 1. The fourth-order valence-electron chi connectivity index (χ4n) is 2.66. The van der Waals surface area contributed by atoms with Crippen LogP contribution in [-0.4, -0.2) is 60.2 Å². The second kappa shape index (κ2) is 5.06. The third kappa shape index (κ3) is 2.12. The zero-order valence-corrected chi connectivity index (χ0v) is 10.8. The highest BCUT2D eigenvalue weighted by molar-refractivity contribution is 6.01. The van der Waals surface area contributed by atoms with Crippen LogP contribution >= 0.6 is 0 Å². The monoisotopic (exact) mass is 253 g/mol. The second-order valence-corrected chi connectivity index (χ2v) is 4.86. The molecule has 2 atom stereocenters. The molecule has 0 bridgehead atoms. The summed E-state index contributed by atoms with van der Waals surface area (Å²) in [7, 11) is 3.24. The van der Waals surface area contributed by atoms with Crippen LogP contribution in [0.3, 0.4) is 0 Å². The highest BCUT2D eigenvalue weighted by Crippen LogP contribution is 2.22. The molecule has 100 valence electrons. The highest BCUT2D eigenvalue weighted by Gasteiger charge is 2.40. The average Bonchev–Trinajstić information content (AvgIpc) is 2.37. The Morgan fingerprint density at radius 1 is 1.17 bits per heavy atom. The number of amides is 3. The Hall–Kier alpha value is -1.43. The molecule has 2 saturated heterocycles. The predicted molar refractivity (Wildman–Crippen MR) is 64.6 cm³/mol. The van der Waals surface area contributed by atoms with Gasteiger partial charge >= 0.3 is 0 Å². The number of carbonyl (C=O) groups excluding carboxylic acids is 3. The number of hydrogen-bond acceptors (Lipinski definition) is 4. The van der Waals surface area contributed by atoms with E-state index in [4.69, 9.17) is 0 Å². The van der Waals surface area contributed by atoms with E-state index in [-0.39, 0.29) is 23.8 Å². The van der Waals surface area contributed by atoms with Gasteiger partial charge in [0.05, 0.1) is 6.04 Å². The van der Waals surface area contributed by atoms with Crippen molar-refractivity contribution in [3.63, 3.8) is 0 Å². The van der Waals surface area contributed by atoms with E-state index >= 15 is 0 Å². The predicted octanol–water partition coefficient (Wildman–Crippen LogP) is -0.656. The van der Waals surface area contributed by atoms with Crippen molar-refractivity contribution in [2.24, 2.45) is 0 Å². The van der Waals surface area contributed by atoms with Gasteiger partial charge in [0.25, 0.3) is 5.91 Å². The van der Waals surface area contributed by atoms with Crippen molar-refractivity contribution in [1.29, 1.82) is 0 Å². The molecule has 0 saturated carbocycles. The van der Waals surface area contributed by atoms with E-state index in [0.717, 1.165) is 17.7 Å². The van der Waals surface area contributed by atoms with Crippen molar-refractivity contribution in [2.45, 2.75) is 37.8 Å². The molecule has 1 N–H and O–H groups in total. The number of piperidine rings is 2. The molecule has 0 spiro atoms. The van der Waals surface area contributed by atoms with Crippen molar-refractivity contribution in [3.05, 3.63) is 0 Å². The van der Waals surface area contributed by atoms with Crippen LogP contribution in [0.15, 0.2) is 0 Å². The van der Waals surface area contributed by atoms with Crippen LogP contribution < -0.4 is 5.32 Å². The first-order valence-electron chi connectivity index (χ1n) is 6.34. The maximum Gasteiger partial charge on any atom is 0.251 e. The van der Waals surface area contributed by atoms with Crippen LogP contribution in [0.1, 0.15) is 25.7 Å². The first kappa shape index (κ1) is 13.0. The van der Waals surface area contributed by atoms with Gasteiger partial charge < -0.3 is 10.2 Å². The molecule has 0 aromatic carbocycles. The zero-order chi connectivity index (χ0) is 13.3. The number of nitrogens with zero attached hydrogens (tertiary/aromatic N) is 2. The number of nitrogens with one attached hydrogen (secondary N) is 1. The minimum Gasteiger partial charge on any atom is -0.329 e. The van der Waals surface area contributed by atoms with Gasteiger partial charge in [0.1, 0.15) is 6.04 Å². The van der Waals surface area contributed by atoms with E-state index in [0.29, 0.717) is 19.4 Å². The third-order valence-electron chi connectivity index (χ3n) is 3.82. The van der Waals surface area contributed by atoms with Crippen molar-refractivity contribution in [3.8, 4) is 0 Å². The lowest BCUT2D eigenvalue weighted by Gasteiger charge is -2.40. The lowest BCUT2D eigenvalue weighted by atomic mass is 9.97. The van der Waals surface area contributed by atoms with Crippen LogP contribution in [0, 0.1) is 0 Å². The number of imide groups is 1. The molecule has 6 nitrogen and oxygen atoms in total. The van der Waals surface area contributed by atoms with Crippen LogP contribution in [-0.2, 0) is 14.4 Å². The summed E-state index contributed by atoms with van der Waals surface area (Å²) in [5.41, 5.74) is 0. The van der Waals surface area contributed by atoms with E-state index in [9.17, 15) is 14.4 Å². The molecule has 2 rings (SSSR count). The van der Waals surface area contributed by atoms with E-state index in [1.165, 1.54) is 7.05 Å². The molecule has 0 radical (unpaired) electrons. The van der Waals surface area contributed by atoms with Crippen LogP contribution in [0.5, 0.6) is 0 Å². The van der Waals surface area contributed by atoms with Crippen LogP contribution in [0.4, 0.5) is 0 Å². The first-order chi connectivity index (χ1) is 8.56. The molecule has 2 fully saturated rings. The molecule has 2 heterocycles. The zero-order valence-electron chi connectivity index (χ0n) is 10.8. The summed E-state index contributed by atoms with van der Waals surface area (Å²) in [6.45, 7) is 0.607. The van der Waals surface area contributed by atoms with Crippen molar-refractivity contribution in [2.75, 3.05) is 20.6 Å². The summed E-state index contributed by atoms with van der Waals surface area (Å²) in [4.78, 5) is 38.5. The van der Waals surface area contributed by atoms with Gasteiger partial charge in [-0.05, 0) is 26.3 Å². The molecule has 0 aliphatic carbocycles. The Balaban J connectivity index is 2.13. The van der Waals surface area contributed by atoms with E-state index < -0.39 is 6.04 Å². The molecule has 2 aliphatic rings. The van der Waals surface area contributed by atoms with E-state index in [2.05, 4.69) is 5.32 Å². The summed E-state index contributed by atoms with van der Waals surface area (Å²) in [6, 6.07) is -0.661. The number of likely N-dealkylation sites (N-methyl/N-ethyl adjacent to an activating group) is 2. The van der Waals surface area contributed by atoms with Gasteiger partial charge in [-0.3, -0.25) is 19.3 Å². The highest BCUT2D eigenvalue weighted by atomic mass is 16.2. The fourth-order valence-corrected chi connectivity index (χ4v) is 2.66. The van der Waals surface area contributed by atoms with Crippen molar-refractivity contribution >= 4 is 17.7 Å². The van der Waals surface area contributed by atoms with Crippen LogP contribution in [0.2, 0.25) is 0 Å². The molecule has 2 unspecified atom stereocenters. The molecule has 2 aliphatic heterocycles. The molecular formula is C12H19N3O3. The van der Waals surface area contributed by atoms with E-state index in [1.54, 1.807) is 11.9 Å². The standard InChI is InChI=1S/C12H19N3O3/c1-13-8-4-3-7-15(11(8)17)9-5-6-10(16)14(2)12(9)18/h8-9,13H,3-7H2,1-2H3. The van der Waals surface area contributed by atoms with Gasteiger partial charge in [0, 0.05) is 20.0 Å².